The highest BCUT2D eigenvalue weighted by Gasteiger charge is 2.12. The van der Waals surface area contributed by atoms with E-state index >= 15 is 0 Å². The molecular weight excluding hydrogens is 272 g/mol. The average Bonchev–Trinajstić information content (AvgIpc) is 2.28. The van der Waals surface area contributed by atoms with Crippen LogP contribution in [0.2, 0.25) is 5.02 Å². The molecule has 1 aromatic carbocycles. The van der Waals surface area contributed by atoms with Gasteiger partial charge in [-0.2, -0.15) is 0 Å². The Bertz CT molecular complexity index is 463. The van der Waals surface area contributed by atoms with E-state index in [9.17, 15) is 9.00 Å². The largest absolute Gasteiger partial charge is 0.399 e. The summed E-state index contributed by atoms with van der Waals surface area (Å²) in [7, 11) is -1.31. The monoisotopic (exact) mass is 288 g/mol. The van der Waals surface area contributed by atoms with Crippen LogP contribution in [-0.2, 0) is 15.6 Å². The molecule has 1 rings (SSSR count). The van der Waals surface area contributed by atoms with Crippen LogP contribution in [0.3, 0.4) is 0 Å². The number of anilines is 1. The van der Waals surface area contributed by atoms with Crippen molar-refractivity contribution in [1.82, 2.24) is 5.32 Å². The fourth-order valence-electron chi connectivity index (χ4n) is 1.38. The Balaban J connectivity index is 2.60. The second-order valence-corrected chi connectivity index (χ2v) is 6.16. The van der Waals surface area contributed by atoms with Crippen molar-refractivity contribution < 1.29 is 9.00 Å². The standard InChI is InChI=1S/C12H17ClN2O2S/c1-8(2)15-12(16)5-6-18(17)11-7-9(14)3-4-10(11)13/h3-4,7-8H,5-6,14H2,1-2H3,(H,15,16). The van der Waals surface area contributed by atoms with Gasteiger partial charge in [0.15, 0.2) is 0 Å². The molecule has 0 aliphatic rings. The molecule has 0 bridgehead atoms. The molecule has 0 fully saturated rings. The summed E-state index contributed by atoms with van der Waals surface area (Å²) in [5, 5.41) is 3.15. The van der Waals surface area contributed by atoms with Gasteiger partial charge in [0.05, 0.1) is 20.7 Å². The van der Waals surface area contributed by atoms with Gasteiger partial charge in [-0.3, -0.25) is 9.00 Å². The van der Waals surface area contributed by atoms with E-state index in [1.807, 2.05) is 13.8 Å². The van der Waals surface area contributed by atoms with E-state index in [1.165, 1.54) is 0 Å². The first-order valence-corrected chi connectivity index (χ1v) is 7.32. The second kappa shape index (κ2) is 6.75. The molecule has 0 saturated heterocycles. The van der Waals surface area contributed by atoms with Crippen molar-refractivity contribution in [2.75, 3.05) is 11.5 Å². The molecular formula is C12H17ClN2O2S. The third kappa shape index (κ3) is 4.66. The molecule has 0 aliphatic carbocycles. The van der Waals surface area contributed by atoms with Crippen molar-refractivity contribution in [3.05, 3.63) is 23.2 Å². The molecule has 6 heteroatoms. The molecule has 18 heavy (non-hydrogen) atoms. The summed E-state index contributed by atoms with van der Waals surface area (Å²) >= 11 is 5.94. The highest BCUT2D eigenvalue weighted by atomic mass is 35.5. The van der Waals surface area contributed by atoms with Gasteiger partial charge in [-0.1, -0.05) is 11.6 Å². The summed E-state index contributed by atoms with van der Waals surface area (Å²) in [4.78, 5) is 11.9. The van der Waals surface area contributed by atoms with E-state index < -0.39 is 10.8 Å². The average molecular weight is 289 g/mol. The van der Waals surface area contributed by atoms with Crippen molar-refractivity contribution in [2.24, 2.45) is 0 Å². The highest BCUT2D eigenvalue weighted by molar-refractivity contribution is 7.85. The predicted octanol–water partition coefficient (Wildman–Crippen LogP) is 1.94. The Hall–Kier alpha value is -1.07. The first kappa shape index (κ1) is 15.0. The zero-order chi connectivity index (χ0) is 13.7. The lowest BCUT2D eigenvalue weighted by Crippen LogP contribution is -2.30. The van der Waals surface area contributed by atoms with Crippen LogP contribution in [0.5, 0.6) is 0 Å². The molecule has 0 spiro atoms. The molecule has 3 N–H and O–H groups in total. The molecule has 1 atom stereocenters. The molecule has 0 aromatic heterocycles. The Morgan fingerprint density at radius 1 is 1.50 bits per heavy atom. The number of carbonyl (C=O) groups excluding carboxylic acids is 1. The lowest BCUT2D eigenvalue weighted by atomic mass is 10.3. The Kier molecular flexibility index (Phi) is 5.62. The summed E-state index contributed by atoms with van der Waals surface area (Å²) in [6.07, 6.45) is 0.204. The summed E-state index contributed by atoms with van der Waals surface area (Å²) in [5.74, 6) is 0.125. The van der Waals surface area contributed by atoms with E-state index in [-0.39, 0.29) is 24.1 Å². The molecule has 0 saturated carbocycles. The molecule has 1 amide bonds. The van der Waals surface area contributed by atoms with Crippen molar-refractivity contribution in [3.8, 4) is 0 Å². The van der Waals surface area contributed by atoms with E-state index in [2.05, 4.69) is 5.32 Å². The zero-order valence-corrected chi connectivity index (χ0v) is 12.0. The van der Waals surface area contributed by atoms with Gasteiger partial charge in [0, 0.05) is 23.9 Å². The number of halogens is 1. The maximum absolute atomic E-state index is 12.0. The van der Waals surface area contributed by atoms with E-state index in [1.54, 1.807) is 18.2 Å². The maximum atomic E-state index is 12.0. The van der Waals surface area contributed by atoms with Crippen molar-refractivity contribution in [1.29, 1.82) is 0 Å². The number of rotatable bonds is 5. The normalized spacial score (nSPS) is 12.4. The van der Waals surface area contributed by atoms with Crippen molar-refractivity contribution >= 4 is 34.0 Å². The van der Waals surface area contributed by atoms with Crippen LogP contribution in [0.25, 0.3) is 0 Å². The Labute approximate surface area is 114 Å². The fourth-order valence-corrected chi connectivity index (χ4v) is 2.90. The summed E-state index contributed by atoms with van der Waals surface area (Å²) < 4.78 is 12.0. The number of carbonyl (C=O) groups is 1. The second-order valence-electron chi connectivity index (χ2n) is 4.21. The van der Waals surface area contributed by atoms with Crippen LogP contribution >= 0.6 is 11.6 Å². The van der Waals surface area contributed by atoms with E-state index in [4.69, 9.17) is 17.3 Å². The number of benzene rings is 1. The minimum absolute atomic E-state index is 0.0851. The van der Waals surface area contributed by atoms with Gasteiger partial charge in [-0.25, -0.2) is 0 Å². The number of nitrogens with one attached hydrogen (secondary N) is 1. The Morgan fingerprint density at radius 3 is 2.78 bits per heavy atom. The first-order chi connectivity index (χ1) is 8.40. The van der Waals surface area contributed by atoms with Crippen LogP contribution in [0.15, 0.2) is 23.1 Å². The molecule has 0 radical (unpaired) electrons. The zero-order valence-electron chi connectivity index (χ0n) is 10.4. The topological polar surface area (TPSA) is 72.2 Å². The van der Waals surface area contributed by atoms with Crippen LogP contribution in [-0.4, -0.2) is 21.9 Å². The third-order valence-electron chi connectivity index (χ3n) is 2.16. The minimum Gasteiger partial charge on any atom is -0.399 e. The molecule has 0 aliphatic heterocycles. The fraction of sp³-hybridized carbons (Fsp3) is 0.417. The number of amides is 1. The van der Waals surface area contributed by atoms with Crippen LogP contribution in [0.1, 0.15) is 20.3 Å². The van der Waals surface area contributed by atoms with Gasteiger partial charge >= 0.3 is 0 Å². The number of hydrogen-bond donors (Lipinski definition) is 2. The summed E-state index contributed by atoms with van der Waals surface area (Å²) in [6.45, 7) is 3.76. The molecule has 0 heterocycles. The van der Waals surface area contributed by atoms with Crippen LogP contribution in [0.4, 0.5) is 5.69 Å². The smallest absolute Gasteiger partial charge is 0.221 e. The van der Waals surface area contributed by atoms with Gasteiger partial charge in [0.2, 0.25) is 5.91 Å². The van der Waals surface area contributed by atoms with E-state index in [0.29, 0.717) is 15.6 Å². The van der Waals surface area contributed by atoms with Gasteiger partial charge in [-0.15, -0.1) is 0 Å². The number of nitrogens with two attached hydrogens (primary N) is 1. The molecule has 100 valence electrons. The number of hydrogen-bond acceptors (Lipinski definition) is 3. The van der Waals surface area contributed by atoms with E-state index in [0.717, 1.165) is 0 Å². The highest BCUT2D eigenvalue weighted by Crippen LogP contribution is 2.22. The van der Waals surface area contributed by atoms with Crippen LogP contribution in [0, 0.1) is 0 Å². The Morgan fingerprint density at radius 2 is 2.17 bits per heavy atom. The lowest BCUT2D eigenvalue weighted by molar-refractivity contribution is -0.121. The maximum Gasteiger partial charge on any atom is 0.221 e. The van der Waals surface area contributed by atoms with Crippen molar-refractivity contribution in [2.45, 2.75) is 31.2 Å². The van der Waals surface area contributed by atoms with Gasteiger partial charge < -0.3 is 11.1 Å². The first-order valence-electron chi connectivity index (χ1n) is 5.63. The molecule has 1 aromatic rings. The van der Waals surface area contributed by atoms with Crippen molar-refractivity contribution in [3.63, 3.8) is 0 Å². The van der Waals surface area contributed by atoms with Crippen LogP contribution < -0.4 is 11.1 Å². The predicted molar refractivity (Wildman–Crippen MR) is 75.0 cm³/mol. The lowest BCUT2D eigenvalue weighted by Gasteiger charge is -2.09. The SMILES string of the molecule is CC(C)NC(=O)CCS(=O)c1cc(N)ccc1Cl. The third-order valence-corrected chi connectivity index (χ3v) is 4.01. The molecule has 1 unspecified atom stereocenters. The van der Waals surface area contributed by atoms with Gasteiger partial charge in [-0.05, 0) is 32.0 Å². The summed E-state index contributed by atoms with van der Waals surface area (Å²) in [5.41, 5.74) is 6.12. The quantitative estimate of drug-likeness (QED) is 0.814. The van der Waals surface area contributed by atoms with Gasteiger partial charge in [0.25, 0.3) is 0 Å². The molecule has 4 nitrogen and oxygen atoms in total. The van der Waals surface area contributed by atoms with Gasteiger partial charge in [0.1, 0.15) is 0 Å². The number of nitrogen functional groups attached to an aromatic ring is 1. The summed E-state index contributed by atoms with van der Waals surface area (Å²) in [6, 6.07) is 4.92. The minimum atomic E-state index is -1.31.